The highest BCUT2D eigenvalue weighted by Crippen LogP contribution is 2.27. The van der Waals surface area contributed by atoms with Crippen molar-refractivity contribution in [3.63, 3.8) is 0 Å². The van der Waals surface area contributed by atoms with Gasteiger partial charge < -0.3 is 9.47 Å². The number of benzene rings is 2. The van der Waals surface area contributed by atoms with Crippen molar-refractivity contribution in [2.24, 2.45) is 14.1 Å². The molecule has 11 heteroatoms. The lowest BCUT2D eigenvalue weighted by atomic mass is 10.2. The van der Waals surface area contributed by atoms with E-state index >= 15 is 0 Å². The van der Waals surface area contributed by atoms with E-state index in [-0.39, 0.29) is 30.4 Å². The zero-order valence-corrected chi connectivity index (χ0v) is 20.0. The van der Waals surface area contributed by atoms with Crippen LogP contribution in [0.4, 0.5) is 0 Å². The molecule has 0 N–H and O–H groups in total. The van der Waals surface area contributed by atoms with E-state index in [2.05, 4.69) is 4.98 Å². The average molecular weight is 510 g/mol. The van der Waals surface area contributed by atoms with E-state index in [0.29, 0.717) is 27.4 Å². The Morgan fingerprint density at radius 2 is 1.55 bits per heavy atom. The van der Waals surface area contributed by atoms with E-state index in [1.54, 1.807) is 41.9 Å². The predicted molar refractivity (Wildman–Crippen MR) is 128 cm³/mol. The Bertz CT molecular complexity index is 1440. The van der Waals surface area contributed by atoms with Gasteiger partial charge in [0.05, 0.1) is 11.6 Å². The van der Waals surface area contributed by atoms with E-state index in [1.807, 2.05) is 12.1 Å². The minimum atomic E-state index is -0.476. The maximum atomic E-state index is 12.9. The first-order chi connectivity index (χ1) is 15.8. The number of halogens is 3. The summed E-state index contributed by atoms with van der Waals surface area (Å²) in [6.45, 7) is 0.583. The molecule has 0 saturated carbocycles. The summed E-state index contributed by atoms with van der Waals surface area (Å²) in [4.78, 5) is 29.7. The Labute approximate surface area is 203 Å². The highest BCUT2D eigenvalue weighted by atomic mass is 35.5. The molecule has 0 spiro atoms. The van der Waals surface area contributed by atoms with Crippen LogP contribution in [-0.4, -0.2) is 31.9 Å². The SMILES string of the molecule is Cn1c(=O)c2c(nc(OCCOc3ccc(Cl)cc3Cl)n2Cc2ccc(Cl)cc2)n(C)c1=O. The summed E-state index contributed by atoms with van der Waals surface area (Å²) in [5.74, 6) is 0.468. The number of aryl methyl sites for hydroxylation is 1. The van der Waals surface area contributed by atoms with Gasteiger partial charge in [0.1, 0.15) is 19.0 Å². The van der Waals surface area contributed by atoms with Gasteiger partial charge in [-0.3, -0.25) is 18.5 Å². The smallest absolute Gasteiger partial charge is 0.332 e. The third-order valence-corrected chi connectivity index (χ3v) is 5.82. The Balaban J connectivity index is 1.65. The van der Waals surface area contributed by atoms with E-state index in [1.165, 1.54) is 11.6 Å². The third kappa shape index (κ3) is 4.73. The van der Waals surface area contributed by atoms with Crippen molar-refractivity contribution >= 4 is 46.0 Å². The molecule has 4 aromatic rings. The first-order valence-corrected chi connectivity index (χ1v) is 11.0. The van der Waals surface area contributed by atoms with Gasteiger partial charge in [-0.25, -0.2) is 4.79 Å². The summed E-state index contributed by atoms with van der Waals surface area (Å²) in [6.07, 6.45) is 0. The molecule has 0 fully saturated rings. The zero-order chi connectivity index (χ0) is 23.7. The molecule has 0 unspecified atom stereocenters. The maximum Gasteiger partial charge on any atom is 0.332 e. The number of ether oxygens (including phenoxy) is 2. The molecular weight excluding hydrogens is 491 g/mol. The van der Waals surface area contributed by atoms with Crippen molar-refractivity contribution < 1.29 is 9.47 Å². The van der Waals surface area contributed by atoms with E-state index in [0.717, 1.165) is 10.1 Å². The predicted octanol–water partition coefficient (Wildman–Crippen LogP) is 3.90. The molecule has 0 aliphatic rings. The van der Waals surface area contributed by atoms with Crippen molar-refractivity contribution in [2.45, 2.75) is 6.54 Å². The number of fused-ring (bicyclic) bond motifs is 1. The van der Waals surface area contributed by atoms with Crippen molar-refractivity contribution in [1.82, 2.24) is 18.7 Å². The summed E-state index contributed by atoms with van der Waals surface area (Å²) in [5, 5.41) is 1.49. The summed E-state index contributed by atoms with van der Waals surface area (Å²) in [7, 11) is 2.98. The van der Waals surface area contributed by atoms with Crippen LogP contribution in [0, 0.1) is 0 Å². The summed E-state index contributed by atoms with van der Waals surface area (Å²) in [5.41, 5.74) is 0.424. The van der Waals surface area contributed by atoms with Gasteiger partial charge in [-0.05, 0) is 35.9 Å². The van der Waals surface area contributed by atoms with Crippen LogP contribution in [0.1, 0.15) is 5.56 Å². The van der Waals surface area contributed by atoms with Crippen molar-refractivity contribution in [2.75, 3.05) is 13.2 Å². The first-order valence-electron chi connectivity index (χ1n) is 9.87. The molecule has 4 rings (SSSR count). The summed E-state index contributed by atoms with van der Waals surface area (Å²) >= 11 is 18.0. The molecule has 0 bridgehead atoms. The van der Waals surface area contributed by atoms with Crippen LogP contribution in [-0.2, 0) is 20.6 Å². The second-order valence-electron chi connectivity index (χ2n) is 7.26. The van der Waals surface area contributed by atoms with Gasteiger partial charge in [0.15, 0.2) is 11.2 Å². The Kier molecular flexibility index (Phi) is 6.69. The number of nitrogens with zero attached hydrogens (tertiary/aromatic N) is 4. The van der Waals surface area contributed by atoms with Crippen LogP contribution in [0.5, 0.6) is 11.8 Å². The summed E-state index contributed by atoms with van der Waals surface area (Å²) < 4.78 is 15.5. The fourth-order valence-electron chi connectivity index (χ4n) is 3.33. The monoisotopic (exact) mass is 508 g/mol. The number of rotatable bonds is 7. The zero-order valence-electron chi connectivity index (χ0n) is 17.7. The van der Waals surface area contributed by atoms with Gasteiger partial charge in [-0.1, -0.05) is 46.9 Å². The Morgan fingerprint density at radius 3 is 2.24 bits per heavy atom. The van der Waals surface area contributed by atoms with Gasteiger partial charge in [-0.15, -0.1) is 0 Å². The molecule has 0 radical (unpaired) electrons. The highest BCUT2D eigenvalue weighted by molar-refractivity contribution is 6.35. The topological polar surface area (TPSA) is 80.3 Å². The molecule has 33 heavy (non-hydrogen) atoms. The average Bonchev–Trinajstić information content (AvgIpc) is 3.14. The minimum absolute atomic E-state index is 0.122. The molecule has 2 aromatic carbocycles. The Hall–Kier alpha value is -2.94. The highest BCUT2D eigenvalue weighted by Gasteiger charge is 2.20. The molecule has 2 heterocycles. The van der Waals surface area contributed by atoms with Gasteiger partial charge in [-0.2, -0.15) is 4.98 Å². The Morgan fingerprint density at radius 1 is 0.879 bits per heavy atom. The van der Waals surface area contributed by atoms with Gasteiger partial charge >= 0.3 is 5.69 Å². The van der Waals surface area contributed by atoms with Crippen LogP contribution in [0.25, 0.3) is 11.2 Å². The maximum absolute atomic E-state index is 12.9. The van der Waals surface area contributed by atoms with E-state index in [9.17, 15) is 9.59 Å². The molecule has 0 saturated heterocycles. The van der Waals surface area contributed by atoms with Crippen LogP contribution in [0.2, 0.25) is 15.1 Å². The number of hydrogen-bond acceptors (Lipinski definition) is 5. The molecule has 2 aromatic heterocycles. The van der Waals surface area contributed by atoms with Gasteiger partial charge in [0.2, 0.25) is 0 Å². The lowest BCUT2D eigenvalue weighted by Crippen LogP contribution is -2.37. The van der Waals surface area contributed by atoms with Gasteiger partial charge in [0, 0.05) is 24.1 Å². The van der Waals surface area contributed by atoms with Crippen molar-refractivity contribution in [3.8, 4) is 11.8 Å². The first kappa shape index (κ1) is 23.2. The van der Waals surface area contributed by atoms with Crippen LogP contribution >= 0.6 is 34.8 Å². The third-order valence-electron chi connectivity index (χ3n) is 5.03. The fraction of sp³-hybridized carbons (Fsp3) is 0.227. The molecule has 0 atom stereocenters. The van der Waals surface area contributed by atoms with Gasteiger partial charge in [0.25, 0.3) is 11.6 Å². The lowest BCUT2D eigenvalue weighted by Gasteiger charge is -2.12. The second kappa shape index (κ2) is 9.51. The largest absolute Gasteiger partial charge is 0.488 e. The van der Waals surface area contributed by atoms with Crippen molar-refractivity contribution in [1.29, 1.82) is 0 Å². The van der Waals surface area contributed by atoms with Crippen LogP contribution in [0.15, 0.2) is 52.1 Å². The lowest BCUT2D eigenvalue weighted by molar-refractivity contribution is 0.202. The molecule has 8 nitrogen and oxygen atoms in total. The fourth-order valence-corrected chi connectivity index (χ4v) is 3.92. The molecule has 0 aliphatic heterocycles. The second-order valence-corrected chi connectivity index (χ2v) is 8.54. The molecule has 172 valence electrons. The molecule has 0 amide bonds. The normalized spacial score (nSPS) is 11.2. The summed E-state index contributed by atoms with van der Waals surface area (Å²) in [6, 6.07) is 12.3. The molecule has 0 aliphatic carbocycles. The van der Waals surface area contributed by atoms with Crippen molar-refractivity contribution in [3.05, 3.63) is 83.9 Å². The standard InChI is InChI=1S/C22H19Cl3N4O4/c1-27-19-18(20(30)28(2)22(27)31)29(12-13-3-5-14(23)6-4-13)21(26-19)33-10-9-32-17-8-7-15(24)11-16(17)25/h3-8,11H,9-10,12H2,1-2H3. The van der Waals surface area contributed by atoms with E-state index < -0.39 is 11.2 Å². The van der Waals surface area contributed by atoms with Crippen LogP contribution in [0.3, 0.4) is 0 Å². The number of aromatic nitrogens is 4. The molecular formula is C22H19Cl3N4O4. The van der Waals surface area contributed by atoms with Crippen LogP contribution < -0.4 is 20.7 Å². The number of hydrogen-bond donors (Lipinski definition) is 0. The quantitative estimate of drug-likeness (QED) is 0.353. The number of imidazole rings is 1. The minimum Gasteiger partial charge on any atom is -0.488 e. The van der Waals surface area contributed by atoms with E-state index in [4.69, 9.17) is 44.3 Å².